The van der Waals surface area contributed by atoms with Crippen LogP contribution in [0.25, 0.3) is 10.8 Å². The summed E-state index contributed by atoms with van der Waals surface area (Å²) in [6, 6.07) is 19.5. The third kappa shape index (κ3) is 7.32. The van der Waals surface area contributed by atoms with Crippen LogP contribution < -0.4 is 10.6 Å². The molecule has 1 aliphatic carbocycles. The minimum Gasteiger partial charge on any atom is -0.444 e. The Labute approximate surface area is 235 Å². The maximum atomic E-state index is 14.0. The van der Waals surface area contributed by atoms with Gasteiger partial charge < -0.3 is 20.3 Å². The summed E-state index contributed by atoms with van der Waals surface area (Å²) in [4.78, 5) is 42.1. The Balaban J connectivity index is 1.66. The molecule has 2 unspecified atom stereocenters. The highest BCUT2D eigenvalue weighted by molar-refractivity contribution is 7.80. The fourth-order valence-electron chi connectivity index (χ4n) is 4.54. The summed E-state index contributed by atoms with van der Waals surface area (Å²) in [5.74, 6) is -0.615. The van der Waals surface area contributed by atoms with Crippen LogP contribution in [-0.2, 0) is 20.7 Å². The number of hydrogen-bond donors (Lipinski definition) is 3. The maximum Gasteiger partial charge on any atom is 0.408 e. The summed E-state index contributed by atoms with van der Waals surface area (Å²) in [6.45, 7) is 7.34. The van der Waals surface area contributed by atoms with E-state index in [4.69, 9.17) is 4.74 Å². The lowest BCUT2D eigenvalue weighted by atomic mass is 10.00. The number of aryl methyl sites for hydroxylation is 1. The second kappa shape index (κ2) is 12.1. The molecule has 2 atom stereocenters. The molecule has 39 heavy (non-hydrogen) atoms. The van der Waals surface area contributed by atoms with Crippen LogP contribution in [0.5, 0.6) is 0 Å². The number of carbonyl (C=O) groups excluding carboxylic acids is 3. The maximum absolute atomic E-state index is 14.0. The molecule has 0 radical (unpaired) electrons. The molecule has 1 fully saturated rings. The van der Waals surface area contributed by atoms with E-state index in [1.165, 1.54) is 0 Å². The zero-order valence-corrected chi connectivity index (χ0v) is 23.8. The van der Waals surface area contributed by atoms with E-state index in [9.17, 15) is 14.4 Å². The molecule has 1 saturated carbocycles. The van der Waals surface area contributed by atoms with Crippen LogP contribution in [0.15, 0.2) is 66.7 Å². The Kier molecular flexibility index (Phi) is 8.85. The molecule has 206 valence electrons. The van der Waals surface area contributed by atoms with Crippen LogP contribution in [0.1, 0.15) is 57.7 Å². The van der Waals surface area contributed by atoms with Gasteiger partial charge in [-0.05, 0) is 74.1 Å². The van der Waals surface area contributed by atoms with Crippen LogP contribution >= 0.6 is 12.6 Å². The zero-order chi connectivity index (χ0) is 28.2. The monoisotopic (exact) mass is 547 g/mol. The lowest BCUT2D eigenvalue weighted by Crippen LogP contribution is -2.54. The first-order chi connectivity index (χ1) is 18.6. The standard InChI is InChI=1S/C31H37N3O4S/c1-5-20-10-12-22(13-11-20)27(28(35)32-24-15-14-21-8-6-7-9-23(21)18-24)34(25-16-17-25)29(36)26(19-39)33-30(37)38-31(2,3)4/h6-15,18,25-27,39H,5,16-17,19H2,1-4H3,(H,32,35)(H,33,37). The molecule has 7 nitrogen and oxygen atoms in total. The van der Waals surface area contributed by atoms with Gasteiger partial charge in [-0.2, -0.15) is 12.6 Å². The number of thiol groups is 1. The minimum absolute atomic E-state index is 0.0646. The smallest absolute Gasteiger partial charge is 0.408 e. The summed E-state index contributed by atoms with van der Waals surface area (Å²) in [5, 5.41) is 7.78. The van der Waals surface area contributed by atoms with Crippen molar-refractivity contribution >= 4 is 47.0 Å². The molecular formula is C31H37N3O4S. The molecule has 0 heterocycles. The first kappa shape index (κ1) is 28.5. The van der Waals surface area contributed by atoms with Gasteiger partial charge in [-0.25, -0.2) is 4.79 Å². The average Bonchev–Trinajstić information content (AvgIpc) is 3.74. The molecule has 0 spiro atoms. The molecule has 0 bridgehead atoms. The Morgan fingerprint density at radius 3 is 2.26 bits per heavy atom. The van der Waals surface area contributed by atoms with E-state index in [1.807, 2.05) is 66.7 Å². The van der Waals surface area contributed by atoms with E-state index in [-0.39, 0.29) is 23.6 Å². The van der Waals surface area contributed by atoms with Crippen molar-refractivity contribution in [2.45, 2.75) is 70.7 Å². The number of rotatable bonds is 9. The molecule has 0 aliphatic heterocycles. The highest BCUT2D eigenvalue weighted by atomic mass is 32.1. The molecule has 1 aliphatic rings. The largest absolute Gasteiger partial charge is 0.444 e. The molecule has 0 aromatic heterocycles. The van der Waals surface area contributed by atoms with Crippen molar-refractivity contribution in [3.05, 3.63) is 77.9 Å². The van der Waals surface area contributed by atoms with Gasteiger partial charge in [-0.3, -0.25) is 9.59 Å². The Hall–Kier alpha value is -3.52. The molecule has 2 N–H and O–H groups in total. The van der Waals surface area contributed by atoms with Gasteiger partial charge in [0.25, 0.3) is 5.91 Å². The Bertz CT molecular complexity index is 1330. The van der Waals surface area contributed by atoms with Crippen molar-refractivity contribution in [1.82, 2.24) is 10.2 Å². The predicted octanol–water partition coefficient (Wildman–Crippen LogP) is 5.90. The predicted molar refractivity (Wildman–Crippen MR) is 158 cm³/mol. The Morgan fingerprint density at radius 2 is 1.67 bits per heavy atom. The van der Waals surface area contributed by atoms with Gasteiger partial charge in [0.1, 0.15) is 17.7 Å². The summed E-state index contributed by atoms with van der Waals surface area (Å²) in [5.41, 5.74) is 1.78. The van der Waals surface area contributed by atoms with Crippen molar-refractivity contribution in [3.63, 3.8) is 0 Å². The molecule has 3 amide bonds. The van der Waals surface area contributed by atoms with Crippen LogP contribution in [0, 0.1) is 0 Å². The van der Waals surface area contributed by atoms with Crippen molar-refractivity contribution < 1.29 is 19.1 Å². The summed E-state index contributed by atoms with van der Waals surface area (Å²) in [6.07, 6.45) is 1.73. The lowest BCUT2D eigenvalue weighted by Gasteiger charge is -2.34. The number of hydrogen-bond acceptors (Lipinski definition) is 5. The number of amides is 3. The minimum atomic E-state index is -0.949. The van der Waals surface area contributed by atoms with Gasteiger partial charge in [0, 0.05) is 17.5 Å². The third-order valence-corrected chi connectivity index (χ3v) is 6.98. The van der Waals surface area contributed by atoms with Gasteiger partial charge in [0.15, 0.2) is 0 Å². The number of anilines is 1. The number of benzene rings is 3. The molecular weight excluding hydrogens is 510 g/mol. The van der Waals surface area contributed by atoms with Crippen LogP contribution in [0.3, 0.4) is 0 Å². The number of nitrogens with one attached hydrogen (secondary N) is 2. The molecule has 8 heteroatoms. The van der Waals surface area contributed by atoms with Crippen molar-refractivity contribution in [1.29, 1.82) is 0 Å². The van der Waals surface area contributed by atoms with Crippen molar-refractivity contribution in [2.24, 2.45) is 0 Å². The van der Waals surface area contributed by atoms with E-state index in [2.05, 4.69) is 30.2 Å². The molecule has 0 saturated heterocycles. The van der Waals surface area contributed by atoms with E-state index in [1.54, 1.807) is 25.7 Å². The summed E-state index contributed by atoms with van der Waals surface area (Å²) in [7, 11) is 0. The van der Waals surface area contributed by atoms with E-state index < -0.39 is 23.8 Å². The Morgan fingerprint density at radius 1 is 1.00 bits per heavy atom. The topological polar surface area (TPSA) is 87.7 Å². The van der Waals surface area contributed by atoms with Gasteiger partial charge in [0.2, 0.25) is 5.91 Å². The van der Waals surface area contributed by atoms with E-state index in [0.717, 1.165) is 35.6 Å². The fourth-order valence-corrected chi connectivity index (χ4v) is 4.79. The molecule has 4 rings (SSSR count). The van der Waals surface area contributed by atoms with Gasteiger partial charge in [-0.15, -0.1) is 0 Å². The second-order valence-electron chi connectivity index (χ2n) is 10.9. The third-order valence-electron chi connectivity index (χ3n) is 6.61. The zero-order valence-electron chi connectivity index (χ0n) is 22.9. The van der Waals surface area contributed by atoms with Crippen LogP contribution in [0.2, 0.25) is 0 Å². The summed E-state index contributed by atoms with van der Waals surface area (Å²) >= 11 is 4.35. The molecule has 3 aromatic rings. The first-order valence-corrected chi connectivity index (χ1v) is 14.0. The number of fused-ring (bicyclic) bond motifs is 1. The number of carbonyl (C=O) groups is 3. The van der Waals surface area contributed by atoms with Gasteiger partial charge in [0.05, 0.1) is 0 Å². The lowest BCUT2D eigenvalue weighted by molar-refractivity contribution is -0.141. The normalized spacial score (nSPS) is 14.8. The van der Waals surface area contributed by atoms with Gasteiger partial charge in [-0.1, -0.05) is 61.5 Å². The van der Waals surface area contributed by atoms with E-state index in [0.29, 0.717) is 11.3 Å². The number of ether oxygens (including phenoxy) is 1. The fraction of sp³-hybridized carbons (Fsp3) is 0.387. The SMILES string of the molecule is CCc1ccc(C(C(=O)Nc2ccc3ccccc3c2)N(C(=O)C(CS)NC(=O)OC(C)(C)C)C2CC2)cc1. The van der Waals surface area contributed by atoms with Crippen molar-refractivity contribution in [2.75, 3.05) is 11.1 Å². The highest BCUT2D eigenvalue weighted by Gasteiger charge is 2.44. The van der Waals surface area contributed by atoms with Crippen LogP contribution in [0.4, 0.5) is 10.5 Å². The van der Waals surface area contributed by atoms with E-state index >= 15 is 0 Å². The van der Waals surface area contributed by atoms with Crippen LogP contribution in [-0.4, -0.2) is 46.2 Å². The van der Waals surface area contributed by atoms with Gasteiger partial charge >= 0.3 is 6.09 Å². The average molecular weight is 548 g/mol. The number of alkyl carbamates (subject to hydrolysis) is 1. The van der Waals surface area contributed by atoms with Crippen molar-refractivity contribution in [3.8, 4) is 0 Å². The number of nitrogens with zero attached hydrogens (tertiary/aromatic N) is 1. The highest BCUT2D eigenvalue weighted by Crippen LogP contribution is 2.36. The summed E-state index contributed by atoms with van der Waals surface area (Å²) < 4.78 is 5.37. The molecule has 3 aromatic carbocycles. The second-order valence-corrected chi connectivity index (χ2v) is 11.3. The first-order valence-electron chi connectivity index (χ1n) is 13.4. The quantitative estimate of drug-likeness (QED) is 0.291.